The minimum Gasteiger partial charge on any atom is -0.362 e. The van der Waals surface area contributed by atoms with Gasteiger partial charge in [-0.15, -0.1) is 0 Å². The van der Waals surface area contributed by atoms with Gasteiger partial charge in [-0.05, 0) is 50.2 Å². The van der Waals surface area contributed by atoms with Crippen LogP contribution in [0.15, 0.2) is 6.07 Å². The molecule has 1 aromatic rings. The van der Waals surface area contributed by atoms with Gasteiger partial charge in [0, 0.05) is 17.8 Å². The van der Waals surface area contributed by atoms with Crippen LogP contribution in [-0.4, -0.2) is 11.3 Å². The van der Waals surface area contributed by atoms with Gasteiger partial charge in [-0.25, -0.2) is 0 Å². The van der Waals surface area contributed by atoms with Crippen molar-refractivity contribution in [2.75, 3.05) is 0 Å². The molecular weight excluding hydrogens is 174 g/mol. The molecule has 2 rings (SSSR count). The summed E-state index contributed by atoms with van der Waals surface area (Å²) in [7, 11) is 0. The number of H-pyrrole nitrogens is 1. The highest BCUT2D eigenvalue weighted by Gasteiger charge is 2.11. The van der Waals surface area contributed by atoms with Crippen LogP contribution in [0.25, 0.3) is 0 Å². The molecule has 0 radical (unpaired) electrons. The van der Waals surface area contributed by atoms with E-state index in [4.69, 9.17) is 0 Å². The van der Waals surface area contributed by atoms with Gasteiger partial charge in [0.1, 0.15) is 6.29 Å². The van der Waals surface area contributed by atoms with Crippen LogP contribution in [-0.2, 0) is 24.1 Å². The van der Waals surface area contributed by atoms with E-state index in [1.807, 2.05) is 0 Å². The number of rotatable bonds is 4. The van der Waals surface area contributed by atoms with Gasteiger partial charge in [0.2, 0.25) is 0 Å². The number of hydrogen-bond donors (Lipinski definition) is 1. The van der Waals surface area contributed by atoms with Crippen LogP contribution in [0.5, 0.6) is 0 Å². The molecule has 0 atom stereocenters. The normalized spacial score (nSPS) is 15.1. The van der Waals surface area contributed by atoms with Gasteiger partial charge in [-0.3, -0.25) is 0 Å². The van der Waals surface area contributed by atoms with Crippen molar-refractivity contribution in [3.8, 4) is 0 Å². The minimum absolute atomic E-state index is 0.684. The quantitative estimate of drug-likeness (QED) is 0.575. The minimum atomic E-state index is 0.684. The molecule has 0 bridgehead atoms. The SMILES string of the molecule is O=CCCCc1cc2c([nH]1)CCCC2. The number of aldehydes is 1. The summed E-state index contributed by atoms with van der Waals surface area (Å²) in [5.41, 5.74) is 4.27. The van der Waals surface area contributed by atoms with Crippen LogP contribution < -0.4 is 0 Å². The summed E-state index contributed by atoms with van der Waals surface area (Å²) < 4.78 is 0. The third kappa shape index (κ3) is 2.06. The number of aryl methyl sites for hydroxylation is 3. The zero-order chi connectivity index (χ0) is 9.80. The van der Waals surface area contributed by atoms with Gasteiger partial charge in [0.15, 0.2) is 0 Å². The van der Waals surface area contributed by atoms with Gasteiger partial charge in [0.25, 0.3) is 0 Å². The molecule has 0 fully saturated rings. The highest BCUT2D eigenvalue weighted by atomic mass is 16.1. The molecule has 0 saturated heterocycles. The van der Waals surface area contributed by atoms with Crippen molar-refractivity contribution in [2.24, 2.45) is 0 Å². The van der Waals surface area contributed by atoms with E-state index in [9.17, 15) is 4.79 Å². The first-order valence-electron chi connectivity index (χ1n) is 5.53. The van der Waals surface area contributed by atoms with E-state index < -0.39 is 0 Å². The van der Waals surface area contributed by atoms with E-state index in [0.29, 0.717) is 6.42 Å². The van der Waals surface area contributed by atoms with Crippen LogP contribution in [0, 0.1) is 0 Å². The van der Waals surface area contributed by atoms with Crippen LogP contribution in [0.2, 0.25) is 0 Å². The Morgan fingerprint density at radius 3 is 3.00 bits per heavy atom. The molecule has 1 N–H and O–H groups in total. The topological polar surface area (TPSA) is 32.9 Å². The number of carbonyl (C=O) groups is 1. The van der Waals surface area contributed by atoms with Crippen molar-refractivity contribution in [3.05, 3.63) is 23.0 Å². The van der Waals surface area contributed by atoms with Crippen molar-refractivity contribution >= 4 is 6.29 Å². The molecule has 2 nitrogen and oxygen atoms in total. The average molecular weight is 191 g/mol. The lowest BCUT2D eigenvalue weighted by Gasteiger charge is -2.09. The Hall–Kier alpha value is -1.05. The molecule has 0 saturated carbocycles. The van der Waals surface area contributed by atoms with Crippen LogP contribution in [0.1, 0.15) is 42.6 Å². The molecule has 1 aliphatic rings. The number of aromatic nitrogens is 1. The summed E-state index contributed by atoms with van der Waals surface area (Å²) in [6.45, 7) is 0. The Morgan fingerprint density at radius 2 is 2.21 bits per heavy atom. The molecule has 14 heavy (non-hydrogen) atoms. The predicted octanol–water partition coefficient (Wildman–Crippen LogP) is 2.42. The predicted molar refractivity (Wildman–Crippen MR) is 56.4 cm³/mol. The Labute approximate surface area is 84.7 Å². The first-order valence-corrected chi connectivity index (χ1v) is 5.53. The van der Waals surface area contributed by atoms with E-state index in [1.54, 1.807) is 0 Å². The summed E-state index contributed by atoms with van der Waals surface area (Å²) in [4.78, 5) is 13.7. The van der Waals surface area contributed by atoms with Gasteiger partial charge in [0.05, 0.1) is 0 Å². The van der Waals surface area contributed by atoms with Crippen molar-refractivity contribution in [2.45, 2.75) is 44.9 Å². The summed E-state index contributed by atoms with van der Waals surface area (Å²) in [6.07, 6.45) is 8.78. The van der Waals surface area contributed by atoms with Gasteiger partial charge < -0.3 is 9.78 Å². The molecule has 1 aromatic heterocycles. The average Bonchev–Trinajstić information content (AvgIpc) is 2.60. The van der Waals surface area contributed by atoms with Gasteiger partial charge in [-0.2, -0.15) is 0 Å². The van der Waals surface area contributed by atoms with E-state index >= 15 is 0 Å². The second kappa shape index (κ2) is 4.45. The zero-order valence-electron chi connectivity index (χ0n) is 8.51. The lowest BCUT2D eigenvalue weighted by Crippen LogP contribution is -1.99. The first-order chi connectivity index (χ1) is 6.90. The molecular formula is C12H17NO. The van der Waals surface area contributed by atoms with Crippen LogP contribution in [0.4, 0.5) is 0 Å². The third-order valence-electron chi connectivity index (χ3n) is 2.94. The lowest BCUT2D eigenvalue weighted by atomic mass is 9.98. The lowest BCUT2D eigenvalue weighted by molar-refractivity contribution is -0.107. The van der Waals surface area contributed by atoms with E-state index in [1.165, 1.54) is 42.6 Å². The molecule has 0 spiro atoms. The number of aromatic amines is 1. The summed E-state index contributed by atoms with van der Waals surface area (Å²) in [5.74, 6) is 0. The molecule has 1 heterocycles. The van der Waals surface area contributed by atoms with Crippen molar-refractivity contribution < 1.29 is 4.79 Å². The Balaban J connectivity index is 1.97. The fourth-order valence-corrected chi connectivity index (χ4v) is 2.18. The second-order valence-electron chi connectivity index (χ2n) is 4.06. The largest absolute Gasteiger partial charge is 0.362 e. The molecule has 0 amide bonds. The molecule has 1 aliphatic carbocycles. The number of nitrogens with one attached hydrogen (secondary N) is 1. The first kappa shape index (κ1) is 9.50. The molecule has 2 heteroatoms. The van der Waals surface area contributed by atoms with Crippen molar-refractivity contribution in [3.63, 3.8) is 0 Å². The van der Waals surface area contributed by atoms with Gasteiger partial charge >= 0.3 is 0 Å². The smallest absolute Gasteiger partial charge is 0.120 e. The molecule has 0 aromatic carbocycles. The number of hydrogen-bond acceptors (Lipinski definition) is 1. The Bertz CT molecular complexity index is 291. The third-order valence-corrected chi connectivity index (χ3v) is 2.94. The zero-order valence-corrected chi connectivity index (χ0v) is 8.51. The summed E-state index contributed by atoms with van der Waals surface area (Å²) in [6, 6.07) is 2.29. The maximum absolute atomic E-state index is 10.2. The standard InChI is InChI=1S/C12H17NO/c14-8-4-3-6-11-9-10-5-1-2-7-12(10)13-11/h8-9,13H,1-7H2. The maximum atomic E-state index is 10.2. The van der Waals surface area contributed by atoms with Crippen LogP contribution in [0.3, 0.4) is 0 Å². The van der Waals surface area contributed by atoms with Crippen molar-refractivity contribution in [1.29, 1.82) is 0 Å². The number of unbranched alkanes of at least 4 members (excludes halogenated alkanes) is 1. The Kier molecular flexibility index (Phi) is 3.02. The fraction of sp³-hybridized carbons (Fsp3) is 0.583. The second-order valence-corrected chi connectivity index (χ2v) is 4.06. The van der Waals surface area contributed by atoms with E-state index in [-0.39, 0.29) is 0 Å². The Morgan fingerprint density at radius 1 is 1.36 bits per heavy atom. The molecule has 76 valence electrons. The van der Waals surface area contributed by atoms with E-state index in [0.717, 1.165) is 19.1 Å². The highest BCUT2D eigenvalue weighted by Crippen LogP contribution is 2.22. The molecule has 0 aliphatic heterocycles. The number of carbonyl (C=O) groups excluding carboxylic acids is 1. The van der Waals surface area contributed by atoms with Crippen molar-refractivity contribution in [1.82, 2.24) is 4.98 Å². The summed E-state index contributed by atoms with van der Waals surface area (Å²) >= 11 is 0. The summed E-state index contributed by atoms with van der Waals surface area (Å²) in [5, 5.41) is 0. The van der Waals surface area contributed by atoms with Gasteiger partial charge in [-0.1, -0.05) is 0 Å². The fourth-order valence-electron chi connectivity index (χ4n) is 2.18. The van der Waals surface area contributed by atoms with Crippen LogP contribution >= 0.6 is 0 Å². The number of fused-ring (bicyclic) bond motifs is 1. The molecule has 0 unspecified atom stereocenters. The van der Waals surface area contributed by atoms with E-state index in [2.05, 4.69) is 11.1 Å². The maximum Gasteiger partial charge on any atom is 0.120 e. The monoisotopic (exact) mass is 191 g/mol. The highest BCUT2D eigenvalue weighted by molar-refractivity contribution is 5.49.